The van der Waals surface area contributed by atoms with E-state index in [9.17, 15) is 8.42 Å². The van der Waals surface area contributed by atoms with Crippen LogP contribution >= 0.6 is 0 Å². The first-order valence-corrected chi connectivity index (χ1v) is 5.78. The van der Waals surface area contributed by atoms with Gasteiger partial charge in [0.05, 0.1) is 7.11 Å². The molecular formula is C10H13NO3S. The lowest BCUT2D eigenvalue weighted by atomic mass is 10.2. The molecule has 0 atom stereocenters. The molecule has 1 aromatic rings. The highest BCUT2D eigenvalue weighted by molar-refractivity contribution is 7.94. The SMILES string of the molecule is C=CS(=O)(=O)c1cc(N)c(C)cc1OC. The number of aryl methyl sites for hydroxylation is 1. The van der Waals surface area contributed by atoms with Crippen molar-refractivity contribution in [2.24, 2.45) is 0 Å². The average molecular weight is 227 g/mol. The van der Waals surface area contributed by atoms with Gasteiger partial charge >= 0.3 is 0 Å². The van der Waals surface area contributed by atoms with E-state index in [1.54, 1.807) is 13.0 Å². The van der Waals surface area contributed by atoms with Crippen molar-refractivity contribution < 1.29 is 13.2 Å². The molecule has 0 spiro atoms. The van der Waals surface area contributed by atoms with E-state index in [4.69, 9.17) is 10.5 Å². The maximum Gasteiger partial charge on any atom is 0.202 e. The van der Waals surface area contributed by atoms with Gasteiger partial charge < -0.3 is 10.5 Å². The van der Waals surface area contributed by atoms with Crippen LogP contribution in [0.4, 0.5) is 5.69 Å². The summed E-state index contributed by atoms with van der Waals surface area (Å²) in [4.78, 5) is 0.0445. The largest absolute Gasteiger partial charge is 0.495 e. The number of hydrogen-bond acceptors (Lipinski definition) is 4. The van der Waals surface area contributed by atoms with Crippen LogP contribution in [0.3, 0.4) is 0 Å². The molecule has 0 radical (unpaired) electrons. The third-order valence-corrected chi connectivity index (χ3v) is 3.45. The number of methoxy groups -OCH3 is 1. The summed E-state index contributed by atoms with van der Waals surface area (Å²) in [6.45, 7) is 5.03. The van der Waals surface area contributed by atoms with Crippen molar-refractivity contribution in [2.45, 2.75) is 11.8 Å². The second kappa shape index (κ2) is 3.94. The lowest BCUT2D eigenvalue weighted by Gasteiger charge is -2.09. The highest BCUT2D eigenvalue weighted by atomic mass is 32.2. The van der Waals surface area contributed by atoms with Crippen LogP contribution in [0.1, 0.15) is 5.56 Å². The number of hydrogen-bond donors (Lipinski definition) is 1. The maximum absolute atomic E-state index is 11.6. The fourth-order valence-electron chi connectivity index (χ4n) is 1.15. The first kappa shape index (κ1) is 11.6. The molecule has 0 aliphatic carbocycles. The smallest absolute Gasteiger partial charge is 0.202 e. The van der Waals surface area contributed by atoms with Crippen LogP contribution in [0.2, 0.25) is 0 Å². The molecule has 0 unspecified atom stereocenters. The summed E-state index contributed by atoms with van der Waals surface area (Å²) in [5, 5.41) is 0.875. The Morgan fingerprint density at radius 1 is 1.47 bits per heavy atom. The van der Waals surface area contributed by atoms with Crippen LogP contribution < -0.4 is 10.5 Å². The summed E-state index contributed by atoms with van der Waals surface area (Å²) < 4.78 is 28.2. The van der Waals surface area contributed by atoms with Gasteiger partial charge in [0.25, 0.3) is 0 Å². The zero-order valence-corrected chi connectivity index (χ0v) is 9.47. The summed E-state index contributed by atoms with van der Waals surface area (Å²) in [6, 6.07) is 2.97. The van der Waals surface area contributed by atoms with E-state index in [1.165, 1.54) is 13.2 Å². The normalized spacial score (nSPS) is 11.1. The van der Waals surface area contributed by atoms with Gasteiger partial charge in [-0.25, -0.2) is 8.42 Å². The fourth-order valence-corrected chi connectivity index (χ4v) is 2.04. The zero-order chi connectivity index (χ0) is 11.6. The molecule has 0 saturated carbocycles. The van der Waals surface area contributed by atoms with E-state index >= 15 is 0 Å². The summed E-state index contributed by atoms with van der Waals surface area (Å²) >= 11 is 0. The Balaban J connectivity index is 3.54. The number of anilines is 1. The first-order chi connectivity index (χ1) is 6.92. The minimum atomic E-state index is -3.52. The van der Waals surface area contributed by atoms with Crippen LogP contribution in [0, 0.1) is 6.92 Å². The van der Waals surface area contributed by atoms with Crippen LogP contribution in [-0.4, -0.2) is 15.5 Å². The van der Waals surface area contributed by atoms with Gasteiger partial charge in [-0.1, -0.05) is 6.58 Å². The summed E-state index contributed by atoms with van der Waals surface area (Å²) in [6.07, 6.45) is 0. The highest BCUT2D eigenvalue weighted by Crippen LogP contribution is 2.29. The summed E-state index contributed by atoms with van der Waals surface area (Å²) in [5.74, 6) is 0.279. The molecule has 4 nitrogen and oxygen atoms in total. The molecule has 2 N–H and O–H groups in total. The standard InChI is InChI=1S/C10H13NO3S/c1-4-15(12,13)10-6-8(11)7(2)5-9(10)14-3/h4-6H,1,11H2,2-3H3. The average Bonchev–Trinajstić information content (AvgIpc) is 2.21. The Morgan fingerprint density at radius 2 is 2.07 bits per heavy atom. The Labute approximate surface area is 89.3 Å². The first-order valence-electron chi connectivity index (χ1n) is 4.24. The highest BCUT2D eigenvalue weighted by Gasteiger charge is 2.17. The van der Waals surface area contributed by atoms with Gasteiger partial charge in [-0.15, -0.1) is 0 Å². The Bertz CT molecular complexity index is 492. The molecule has 5 heteroatoms. The van der Waals surface area contributed by atoms with Crippen molar-refractivity contribution in [2.75, 3.05) is 12.8 Å². The number of sulfone groups is 1. The number of nitrogen functional groups attached to an aromatic ring is 1. The molecule has 0 bridgehead atoms. The lowest BCUT2D eigenvalue weighted by molar-refractivity contribution is 0.403. The Morgan fingerprint density at radius 3 is 2.53 bits per heavy atom. The third-order valence-electron chi connectivity index (χ3n) is 2.08. The van der Waals surface area contributed by atoms with Crippen molar-refractivity contribution in [1.82, 2.24) is 0 Å². The van der Waals surface area contributed by atoms with Crippen molar-refractivity contribution in [3.05, 3.63) is 29.7 Å². The molecule has 1 aromatic carbocycles. The molecular weight excluding hydrogens is 214 g/mol. The second-order valence-corrected chi connectivity index (χ2v) is 4.93. The van der Waals surface area contributed by atoms with Crippen molar-refractivity contribution in [3.63, 3.8) is 0 Å². The van der Waals surface area contributed by atoms with Crippen molar-refractivity contribution in [1.29, 1.82) is 0 Å². The van der Waals surface area contributed by atoms with E-state index in [0.717, 1.165) is 11.0 Å². The fraction of sp³-hybridized carbons (Fsp3) is 0.200. The number of nitrogens with two attached hydrogens (primary N) is 1. The van der Waals surface area contributed by atoms with Crippen LogP contribution in [0.5, 0.6) is 5.75 Å². The van der Waals surface area contributed by atoms with E-state index in [-0.39, 0.29) is 10.6 Å². The molecule has 0 aliphatic heterocycles. The Kier molecular flexibility index (Phi) is 3.04. The Hall–Kier alpha value is -1.49. The topological polar surface area (TPSA) is 69.4 Å². The van der Waals surface area contributed by atoms with Gasteiger partial charge in [0.2, 0.25) is 9.84 Å². The molecule has 0 heterocycles. The lowest BCUT2D eigenvalue weighted by Crippen LogP contribution is -2.02. The third kappa shape index (κ3) is 2.12. The second-order valence-electron chi connectivity index (χ2n) is 3.07. The minimum Gasteiger partial charge on any atom is -0.495 e. The van der Waals surface area contributed by atoms with Gasteiger partial charge in [-0.2, -0.15) is 0 Å². The van der Waals surface area contributed by atoms with Gasteiger partial charge in [-0.05, 0) is 24.6 Å². The minimum absolute atomic E-state index is 0.0445. The summed E-state index contributed by atoms with van der Waals surface area (Å²) in [7, 11) is -2.11. The molecule has 0 fully saturated rings. The predicted molar refractivity (Wildman–Crippen MR) is 59.5 cm³/mol. The molecule has 15 heavy (non-hydrogen) atoms. The number of ether oxygens (including phenoxy) is 1. The van der Waals surface area contributed by atoms with E-state index in [2.05, 4.69) is 6.58 Å². The van der Waals surface area contributed by atoms with E-state index < -0.39 is 9.84 Å². The maximum atomic E-state index is 11.6. The van der Waals surface area contributed by atoms with E-state index in [0.29, 0.717) is 5.69 Å². The molecule has 0 aliphatic rings. The van der Waals surface area contributed by atoms with Crippen LogP contribution in [-0.2, 0) is 9.84 Å². The van der Waals surface area contributed by atoms with Gasteiger partial charge in [0.15, 0.2) is 0 Å². The molecule has 82 valence electrons. The predicted octanol–water partition coefficient (Wildman–Crippen LogP) is 1.50. The van der Waals surface area contributed by atoms with Crippen LogP contribution in [0.25, 0.3) is 0 Å². The monoisotopic (exact) mass is 227 g/mol. The number of rotatable bonds is 3. The molecule has 0 amide bonds. The van der Waals surface area contributed by atoms with E-state index in [1.807, 2.05) is 0 Å². The van der Waals surface area contributed by atoms with Crippen molar-refractivity contribution in [3.8, 4) is 5.75 Å². The molecule has 0 saturated heterocycles. The van der Waals surface area contributed by atoms with Gasteiger partial charge in [0.1, 0.15) is 10.6 Å². The molecule has 1 rings (SSSR count). The number of benzene rings is 1. The van der Waals surface area contributed by atoms with Crippen LogP contribution in [0.15, 0.2) is 29.0 Å². The molecule has 0 aromatic heterocycles. The van der Waals surface area contributed by atoms with Gasteiger partial charge in [-0.3, -0.25) is 0 Å². The van der Waals surface area contributed by atoms with Gasteiger partial charge in [0, 0.05) is 11.1 Å². The zero-order valence-electron chi connectivity index (χ0n) is 8.65. The summed E-state index contributed by atoms with van der Waals surface area (Å²) in [5.41, 5.74) is 6.83. The van der Waals surface area contributed by atoms with Crippen molar-refractivity contribution >= 4 is 15.5 Å². The quantitative estimate of drug-likeness (QED) is 0.794.